The number of pyridine rings is 1. The summed E-state index contributed by atoms with van der Waals surface area (Å²) < 4.78 is 0. The Balaban J connectivity index is 1.71. The molecule has 1 aromatic heterocycles. The Bertz CT molecular complexity index is 653. The molecule has 0 fully saturated rings. The summed E-state index contributed by atoms with van der Waals surface area (Å²) in [5, 5.41) is 0. The lowest BCUT2D eigenvalue weighted by molar-refractivity contribution is -0.118. The van der Waals surface area contributed by atoms with Crippen molar-refractivity contribution in [1.29, 1.82) is 0 Å². The standard InChI is InChI=1S/C18H19NOS/c1-13-6-2-3-10-17(13)21-12-16(20)15-9-4-7-14-8-5-11-19-18(14)15/h2-3,5-6,8,10-11,15H,4,7,9,12H2,1H3. The maximum absolute atomic E-state index is 12.6. The predicted octanol–water partition coefficient (Wildman–Crippen LogP) is 4.17. The number of thioether (sulfide) groups is 1. The summed E-state index contributed by atoms with van der Waals surface area (Å²) in [7, 11) is 0. The number of carbonyl (C=O) groups is 1. The van der Waals surface area contributed by atoms with Crippen LogP contribution in [0, 0.1) is 6.92 Å². The number of rotatable bonds is 4. The molecule has 1 aromatic carbocycles. The Morgan fingerprint density at radius 1 is 1.29 bits per heavy atom. The number of ketones is 1. The summed E-state index contributed by atoms with van der Waals surface area (Å²) in [5.41, 5.74) is 3.50. The number of carbonyl (C=O) groups excluding carboxylic acids is 1. The highest BCUT2D eigenvalue weighted by atomic mass is 32.2. The second-order valence-corrected chi connectivity index (χ2v) is 6.53. The van der Waals surface area contributed by atoms with Crippen LogP contribution in [0.3, 0.4) is 0 Å². The van der Waals surface area contributed by atoms with Crippen LogP contribution >= 0.6 is 11.8 Å². The van der Waals surface area contributed by atoms with Crippen molar-refractivity contribution in [3.63, 3.8) is 0 Å². The highest BCUT2D eigenvalue weighted by Crippen LogP contribution is 2.32. The molecule has 1 aliphatic rings. The van der Waals surface area contributed by atoms with Crippen LogP contribution in [-0.4, -0.2) is 16.5 Å². The fourth-order valence-electron chi connectivity index (χ4n) is 2.89. The topological polar surface area (TPSA) is 30.0 Å². The van der Waals surface area contributed by atoms with E-state index in [0.29, 0.717) is 11.5 Å². The zero-order valence-corrected chi connectivity index (χ0v) is 13.0. The molecule has 0 saturated carbocycles. The Kier molecular flexibility index (Phi) is 4.39. The van der Waals surface area contributed by atoms with Crippen molar-refractivity contribution in [3.05, 3.63) is 59.4 Å². The lowest BCUT2D eigenvalue weighted by Crippen LogP contribution is -2.21. The van der Waals surface area contributed by atoms with E-state index in [4.69, 9.17) is 0 Å². The van der Waals surface area contributed by atoms with E-state index in [1.165, 1.54) is 16.0 Å². The number of aromatic nitrogens is 1. The fraction of sp³-hybridized carbons (Fsp3) is 0.333. The number of hydrogen-bond donors (Lipinski definition) is 0. The minimum Gasteiger partial charge on any atom is -0.298 e. The Morgan fingerprint density at radius 2 is 2.14 bits per heavy atom. The van der Waals surface area contributed by atoms with Crippen LogP contribution in [0.1, 0.15) is 35.6 Å². The van der Waals surface area contributed by atoms with Crippen molar-refractivity contribution in [1.82, 2.24) is 4.98 Å². The summed E-state index contributed by atoms with van der Waals surface area (Å²) in [6, 6.07) is 12.3. The normalized spacial score (nSPS) is 17.3. The van der Waals surface area contributed by atoms with Gasteiger partial charge in [0.25, 0.3) is 0 Å². The SMILES string of the molecule is Cc1ccccc1SCC(=O)C1CCCc2cccnc21. The first kappa shape index (κ1) is 14.3. The average molecular weight is 297 g/mol. The van der Waals surface area contributed by atoms with Crippen molar-refractivity contribution >= 4 is 17.5 Å². The summed E-state index contributed by atoms with van der Waals surface area (Å²) >= 11 is 1.65. The minimum atomic E-state index is -0.00790. The molecule has 21 heavy (non-hydrogen) atoms. The number of benzene rings is 1. The summed E-state index contributed by atoms with van der Waals surface area (Å²) in [6.45, 7) is 2.09. The number of nitrogens with zero attached hydrogens (tertiary/aromatic N) is 1. The third-order valence-electron chi connectivity index (χ3n) is 4.05. The van der Waals surface area contributed by atoms with E-state index in [9.17, 15) is 4.79 Å². The molecule has 0 saturated heterocycles. The van der Waals surface area contributed by atoms with Gasteiger partial charge in [-0.2, -0.15) is 0 Å². The van der Waals surface area contributed by atoms with Gasteiger partial charge >= 0.3 is 0 Å². The van der Waals surface area contributed by atoms with Gasteiger partial charge in [0.05, 0.1) is 17.4 Å². The van der Waals surface area contributed by atoms with Gasteiger partial charge in [-0.05, 0) is 49.4 Å². The molecule has 108 valence electrons. The van der Waals surface area contributed by atoms with Gasteiger partial charge in [0.15, 0.2) is 5.78 Å². The van der Waals surface area contributed by atoms with Crippen molar-refractivity contribution in [2.24, 2.45) is 0 Å². The molecule has 2 aromatic rings. The molecule has 0 amide bonds. The monoisotopic (exact) mass is 297 g/mol. The lowest BCUT2D eigenvalue weighted by atomic mass is 9.84. The first-order valence-electron chi connectivity index (χ1n) is 7.40. The van der Waals surface area contributed by atoms with Crippen LogP contribution < -0.4 is 0 Å². The van der Waals surface area contributed by atoms with Crippen molar-refractivity contribution in [2.75, 3.05) is 5.75 Å². The Morgan fingerprint density at radius 3 is 3.00 bits per heavy atom. The van der Waals surface area contributed by atoms with Crippen LogP contribution in [0.5, 0.6) is 0 Å². The summed E-state index contributed by atoms with van der Waals surface area (Å²) in [5.74, 6) is 0.834. The van der Waals surface area contributed by atoms with Gasteiger partial charge in [-0.3, -0.25) is 9.78 Å². The molecule has 0 bridgehead atoms. The smallest absolute Gasteiger partial charge is 0.152 e. The summed E-state index contributed by atoms with van der Waals surface area (Å²) in [4.78, 5) is 18.2. The van der Waals surface area contributed by atoms with Gasteiger partial charge in [-0.15, -0.1) is 11.8 Å². The second kappa shape index (κ2) is 6.44. The van der Waals surface area contributed by atoms with Crippen molar-refractivity contribution in [2.45, 2.75) is 37.0 Å². The van der Waals surface area contributed by atoms with Gasteiger partial charge in [-0.1, -0.05) is 24.3 Å². The Labute approximate surface area is 130 Å². The van der Waals surface area contributed by atoms with Gasteiger partial charge in [0, 0.05) is 11.1 Å². The molecule has 3 rings (SSSR count). The van der Waals surface area contributed by atoms with Crippen molar-refractivity contribution < 1.29 is 4.79 Å². The molecule has 0 radical (unpaired) electrons. The molecule has 1 atom stereocenters. The van der Waals surface area contributed by atoms with Gasteiger partial charge < -0.3 is 0 Å². The van der Waals surface area contributed by atoms with E-state index in [1.807, 2.05) is 18.2 Å². The fourth-order valence-corrected chi connectivity index (χ4v) is 3.86. The zero-order valence-electron chi connectivity index (χ0n) is 12.2. The molecule has 0 spiro atoms. The lowest BCUT2D eigenvalue weighted by Gasteiger charge is -2.23. The van der Waals surface area contributed by atoms with E-state index in [0.717, 1.165) is 25.0 Å². The number of Topliss-reactive ketones (excluding diaryl/α,β-unsaturated/α-hetero) is 1. The number of hydrogen-bond acceptors (Lipinski definition) is 3. The highest BCUT2D eigenvalue weighted by Gasteiger charge is 2.27. The first-order valence-corrected chi connectivity index (χ1v) is 8.39. The molecule has 0 aliphatic heterocycles. The molecular formula is C18H19NOS. The maximum atomic E-state index is 12.6. The molecule has 1 aliphatic carbocycles. The maximum Gasteiger partial charge on any atom is 0.152 e. The Hall–Kier alpha value is -1.61. The molecular weight excluding hydrogens is 278 g/mol. The van der Waals surface area contributed by atoms with E-state index in [2.05, 4.69) is 30.1 Å². The highest BCUT2D eigenvalue weighted by molar-refractivity contribution is 8.00. The minimum absolute atomic E-state index is 0.00790. The van der Waals surface area contributed by atoms with E-state index >= 15 is 0 Å². The van der Waals surface area contributed by atoms with Crippen LogP contribution in [0.15, 0.2) is 47.5 Å². The molecule has 3 heteroatoms. The molecule has 0 N–H and O–H groups in total. The first-order chi connectivity index (χ1) is 10.3. The molecule has 1 unspecified atom stereocenters. The predicted molar refractivity (Wildman–Crippen MR) is 86.8 cm³/mol. The van der Waals surface area contributed by atoms with Crippen LogP contribution in [-0.2, 0) is 11.2 Å². The van der Waals surface area contributed by atoms with E-state index in [1.54, 1.807) is 18.0 Å². The van der Waals surface area contributed by atoms with E-state index < -0.39 is 0 Å². The van der Waals surface area contributed by atoms with Gasteiger partial charge in [0.1, 0.15) is 0 Å². The van der Waals surface area contributed by atoms with Crippen LogP contribution in [0.4, 0.5) is 0 Å². The summed E-state index contributed by atoms with van der Waals surface area (Å²) in [6.07, 6.45) is 4.89. The van der Waals surface area contributed by atoms with Gasteiger partial charge in [0.2, 0.25) is 0 Å². The molecule has 2 nitrogen and oxygen atoms in total. The third-order valence-corrected chi connectivity index (χ3v) is 5.25. The number of aryl methyl sites for hydroxylation is 2. The third kappa shape index (κ3) is 3.18. The van der Waals surface area contributed by atoms with Crippen LogP contribution in [0.25, 0.3) is 0 Å². The molecule has 1 heterocycles. The van der Waals surface area contributed by atoms with Crippen molar-refractivity contribution in [3.8, 4) is 0 Å². The average Bonchev–Trinajstić information content (AvgIpc) is 2.53. The van der Waals surface area contributed by atoms with E-state index in [-0.39, 0.29) is 5.92 Å². The zero-order chi connectivity index (χ0) is 14.7. The largest absolute Gasteiger partial charge is 0.298 e. The van der Waals surface area contributed by atoms with Gasteiger partial charge in [-0.25, -0.2) is 0 Å². The second-order valence-electron chi connectivity index (χ2n) is 5.51. The quantitative estimate of drug-likeness (QED) is 0.793. The number of fused-ring (bicyclic) bond motifs is 1. The van der Waals surface area contributed by atoms with Crippen LogP contribution in [0.2, 0.25) is 0 Å².